The highest BCUT2D eigenvalue weighted by Crippen LogP contribution is 2.26. The molecule has 2 rings (SSSR count). The van der Waals surface area contributed by atoms with E-state index in [4.69, 9.17) is 16.3 Å². The van der Waals surface area contributed by atoms with Crippen molar-refractivity contribution in [3.05, 3.63) is 52.7 Å². The fourth-order valence-corrected chi connectivity index (χ4v) is 1.94. The quantitative estimate of drug-likeness (QED) is 0.912. The Hall–Kier alpha value is -1.58. The Labute approximate surface area is 118 Å². The van der Waals surface area contributed by atoms with Crippen LogP contribution < -0.4 is 10.1 Å². The molecule has 0 bridgehead atoms. The van der Waals surface area contributed by atoms with E-state index < -0.39 is 0 Å². The van der Waals surface area contributed by atoms with Crippen LogP contribution in [-0.4, -0.2) is 12.0 Å². The van der Waals surface area contributed by atoms with Gasteiger partial charge in [-0.3, -0.25) is 0 Å². The Morgan fingerprint density at radius 1 is 1.26 bits per heavy atom. The first-order valence-corrected chi connectivity index (χ1v) is 6.55. The van der Waals surface area contributed by atoms with Crippen LogP contribution in [0.1, 0.15) is 24.1 Å². The maximum Gasteiger partial charge on any atom is 0.219 e. The highest BCUT2D eigenvalue weighted by Gasteiger charge is 2.06. The first-order valence-electron chi connectivity index (χ1n) is 6.17. The molecule has 1 aromatic carbocycles. The first-order chi connectivity index (χ1) is 9.10. The Balaban J connectivity index is 2.15. The van der Waals surface area contributed by atoms with Gasteiger partial charge in [-0.15, -0.1) is 0 Å². The maximum atomic E-state index is 5.91. The Morgan fingerprint density at radius 3 is 2.63 bits per heavy atom. The minimum absolute atomic E-state index is 0.277. The second-order valence-corrected chi connectivity index (χ2v) is 4.89. The van der Waals surface area contributed by atoms with Crippen LogP contribution in [0, 0.1) is 6.92 Å². The topological polar surface area (TPSA) is 34.1 Å². The van der Waals surface area contributed by atoms with Crippen LogP contribution >= 0.6 is 11.6 Å². The molecular formula is C15H17ClN2O. The molecule has 19 heavy (non-hydrogen) atoms. The third kappa shape index (κ3) is 3.46. The molecule has 0 amide bonds. The number of nitrogens with one attached hydrogen (secondary N) is 1. The third-order valence-electron chi connectivity index (χ3n) is 3.04. The van der Waals surface area contributed by atoms with Crippen molar-refractivity contribution in [1.82, 2.24) is 10.3 Å². The molecule has 4 heteroatoms. The zero-order valence-electron chi connectivity index (χ0n) is 11.3. The number of pyridine rings is 1. The van der Waals surface area contributed by atoms with E-state index in [0.29, 0.717) is 10.9 Å². The van der Waals surface area contributed by atoms with Gasteiger partial charge in [0.15, 0.2) is 0 Å². The van der Waals surface area contributed by atoms with Gasteiger partial charge in [-0.2, -0.15) is 0 Å². The normalized spacial score (nSPS) is 12.2. The molecule has 0 radical (unpaired) electrons. The molecule has 0 aliphatic rings. The van der Waals surface area contributed by atoms with Crippen molar-refractivity contribution in [2.45, 2.75) is 19.9 Å². The van der Waals surface area contributed by atoms with Gasteiger partial charge in [-0.05, 0) is 50.2 Å². The monoisotopic (exact) mass is 276 g/mol. The van der Waals surface area contributed by atoms with Crippen molar-refractivity contribution in [1.29, 1.82) is 0 Å². The number of aromatic nitrogens is 1. The third-order valence-corrected chi connectivity index (χ3v) is 3.28. The summed E-state index contributed by atoms with van der Waals surface area (Å²) in [6.07, 6.45) is 1.82. The highest BCUT2D eigenvalue weighted by atomic mass is 35.5. The number of aryl methyl sites for hydroxylation is 1. The van der Waals surface area contributed by atoms with E-state index in [9.17, 15) is 0 Å². The number of nitrogens with zero attached hydrogens (tertiary/aromatic N) is 1. The molecule has 1 N–H and O–H groups in total. The zero-order valence-corrected chi connectivity index (χ0v) is 12.0. The number of halogens is 1. The van der Waals surface area contributed by atoms with Gasteiger partial charge in [0, 0.05) is 23.3 Å². The van der Waals surface area contributed by atoms with Crippen molar-refractivity contribution in [3.63, 3.8) is 0 Å². The van der Waals surface area contributed by atoms with Crippen LogP contribution in [0.5, 0.6) is 11.6 Å². The van der Waals surface area contributed by atoms with E-state index in [0.717, 1.165) is 16.9 Å². The summed E-state index contributed by atoms with van der Waals surface area (Å²) in [5.74, 6) is 1.35. The van der Waals surface area contributed by atoms with Gasteiger partial charge in [0.25, 0.3) is 0 Å². The lowest BCUT2D eigenvalue weighted by atomic mass is 10.1. The lowest BCUT2D eigenvalue weighted by Gasteiger charge is -2.11. The van der Waals surface area contributed by atoms with Crippen molar-refractivity contribution >= 4 is 11.6 Å². The van der Waals surface area contributed by atoms with Crippen LogP contribution in [0.15, 0.2) is 36.5 Å². The number of rotatable bonds is 4. The fourth-order valence-electron chi connectivity index (χ4n) is 1.71. The van der Waals surface area contributed by atoms with Gasteiger partial charge >= 0.3 is 0 Å². The molecule has 0 fully saturated rings. The van der Waals surface area contributed by atoms with Gasteiger partial charge in [0.05, 0.1) is 0 Å². The van der Waals surface area contributed by atoms with Gasteiger partial charge in [0.2, 0.25) is 5.88 Å². The molecule has 0 saturated heterocycles. The fraction of sp³-hybridized carbons (Fsp3) is 0.267. The predicted molar refractivity (Wildman–Crippen MR) is 78.0 cm³/mol. The maximum absolute atomic E-state index is 5.91. The summed E-state index contributed by atoms with van der Waals surface area (Å²) in [6, 6.07) is 9.68. The first kappa shape index (κ1) is 13.8. The molecule has 0 saturated carbocycles. The van der Waals surface area contributed by atoms with Crippen LogP contribution in [0.4, 0.5) is 0 Å². The molecule has 1 atom stereocenters. The minimum atomic E-state index is 0.277. The van der Waals surface area contributed by atoms with E-state index in [1.165, 1.54) is 0 Å². The van der Waals surface area contributed by atoms with Crippen LogP contribution in [0.25, 0.3) is 0 Å². The summed E-state index contributed by atoms with van der Waals surface area (Å²) in [7, 11) is 1.92. The van der Waals surface area contributed by atoms with E-state index in [2.05, 4.69) is 17.2 Å². The summed E-state index contributed by atoms with van der Waals surface area (Å²) < 4.78 is 5.74. The number of hydrogen-bond donors (Lipinski definition) is 1. The number of benzene rings is 1. The molecule has 0 aliphatic carbocycles. The molecule has 1 heterocycles. The number of ether oxygens (including phenoxy) is 1. The van der Waals surface area contributed by atoms with Gasteiger partial charge in [0.1, 0.15) is 5.75 Å². The molecule has 3 nitrogen and oxygen atoms in total. The second kappa shape index (κ2) is 6.04. The summed E-state index contributed by atoms with van der Waals surface area (Å²) in [5.41, 5.74) is 2.12. The van der Waals surface area contributed by atoms with Gasteiger partial charge in [-0.1, -0.05) is 17.7 Å². The SMILES string of the molecule is CNC(C)c1ccc(Oc2ccc(Cl)cc2C)nc1. The van der Waals surface area contributed by atoms with Crippen LogP contribution in [-0.2, 0) is 0 Å². The summed E-state index contributed by atoms with van der Waals surface area (Å²) in [5, 5.41) is 3.87. The standard InChI is InChI=1S/C15H17ClN2O/c1-10-8-13(16)5-6-14(10)19-15-7-4-12(9-18-15)11(2)17-3/h4-9,11,17H,1-3H3. The van der Waals surface area contributed by atoms with E-state index >= 15 is 0 Å². The Morgan fingerprint density at radius 2 is 2.05 bits per heavy atom. The van der Waals surface area contributed by atoms with E-state index in [1.807, 2.05) is 44.4 Å². The predicted octanol–water partition coefficient (Wildman–Crippen LogP) is 4.12. The smallest absolute Gasteiger partial charge is 0.219 e. The molecule has 0 aliphatic heterocycles. The average molecular weight is 277 g/mol. The number of hydrogen-bond acceptors (Lipinski definition) is 3. The molecule has 1 unspecified atom stereocenters. The Bertz CT molecular complexity index is 555. The largest absolute Gasteiger partial charge is 0.439 e. The van der Waals surface area contributed by atoms with Crippen LogP contribution in [0.3, 0.4) is 0 Å². The molecular weight excluding hydrogens is 260 g/mol. The van der Waals surface area contributed by atoms with E-state index in [-0.39, 0.29) is 6.04 Å². The molecule has 100 valence electrons. The minimum Gasteiger partial charge on any atom is -0.439 e. The molecule has 2 aromatic rings. The average Bonchev–Trinajstić information content (AvgIpc) is 2.42. The highest BCUT2D eigenvalue weighted by molar-refractivity contribution is 6.30. The Kier molecular flexibility index (Phi) is 4.40. The summed E-state index contributed by atoms with van der Waals surface area (Å²) in [6.45, 7) is 4.04. The summed E-state index contributed by atoms with van der Waals surface area (Å²) >= 11 is 5.91. The van der Waals surface area contributed by atoms with Crippen molar-refractivity contribution in [2.24, 2.45) is 0 Å². The van der Waals surface area contributed by atoms with Crippen molar-refractivity contribution in [3.8, 4) is 11.6 Å². The molecule has 1 aromatic heterocycles. The van der Waals surface area contributed by atoms with Crippen LogP contribution in [0.2, 0.25) is 5.02 Å². The van der Waals surface area contributed by atoms with Crippen molar-refractivity contribution < 1.29 is 4.74 Å². The second-order valence-electron chi connectivity index (χ2n) is 4.45. The lowest BCUT2D eigenvalue weighted by Crippen LogP contribution is -2.12. The van der Waals surface area contributed by atoms with Gasteiger partial charge < -0.3 is 10.1 Å². The molecule has 0 spiro atoms. The summed E-state index contributed by atoms with van der Waals surface area (Å²) in [4.78, 5) is 4.31. The van der Waals surface area contributed by atoms with Crippen molar-refractivity contribution in [2.75, 3.05) is 7.05 Å². The van der Waals surface area contributed by atoms with E-state index in [1.54, 1.807) is 6.07 Å². The zero-order chi connectivity index (χ0) is 13.8. The lowest BCUT2D eigenvalue weighted by molar-refractivity contribution is 0.458. The van der Waals surface area contributed by atoms with Gasteiger partial charge in [-0.25, -0.2) is 4.98 Å².